The molecule has 2 amide bonds. The van der Waals surface area contributed by atoms with E-state index in [0.29, 0.717) is 25.0 Å². The molecule has 0 aromatic heterocycles. The largest absolute Gasteiger partial charge is 0.496 e. The molecule has 2 aromatic rings. The molecule has 47 heavy (non-hydrogen) atoms. The van der Waals surface area contributed by atoms with Crippen molar-refractivity contribution < 1.29 is 33.3 Å². The lowest BCUT2D eigenvalue weighted by molar-refractivity contribution is -0.151. The molecule has 3 rings (SSSR count). The molecular weight excluding hydrogens is 596 g/mol. The topological polar surface area (TPSA) is 103 Å². The Labute approximate surface area is 280 Å². The number of hydrogen-bond acceptors (Lipinski definition) is 7. The van der Waals surface area contributed by atoms with Gasteiger partial charge in [0.05, 0.1) is 27.4 Å². The Morgan fingerprint density at radius 3 is 2.45 bits per heavy atom. The fraction of sp³-hybridized carbons (Fsp3) is 0.500. The fourth-order valence-electron chi connectivity index (χ4n) is 6.21. The highest BCUT2D eigenvalue weighted by molar-refractivity contribution is 5.91. The number of esters is 1. The number of alkyl carbamates (subject to hydrolysis) is 1. The van der Waals surface area contributed by atoms with Crippen LogP contribution in [0, 0.1) is 5.41 Å². The summed E-state index contributed by atoms with van der Waals surface area (Å²) in [5.41, 5.74) is 0.588. The molecule has 256 valence electrons. The first-order valence-electron chi connectivity index (χ1n) is 16.3. The van der Waals surface area contributed by atoms with Crippen LogP contribution < -0.4 is 10.1 Å². The van der Waals surface area contributed by atoms with Gasteiger partial charge in [0.1, 0.15) is 23.4 Å². The fourth-order valence-corrected chi connectivity index (χ4v) is 6.21. The van der Waals surface area contributed by atoms with E-state index >= 15 is 0 Å². The third-order valence-corrected chi connectivity index (χ3v) is 9.11. The van der Waals surface area contributed by atoms with Crippen LogP contribution in [0.2, 0.25) is 0 Å². The van der Waals surface area contributed by atoms with Gasteiger partial charge in [-0.3, -0.25) is 4.79 Å². The normalized spacial score (nSPS) is 18.3. The maximum Gasteiger partial charge on any atom is 0.407 e. The predicted octanol–water partition coefficient (Wildman–Crippen LogP) is 7.33. The van der Waals surface area contributed by atoms with E-state index in [1.54, 1.807) is 20.3 Å². The molecule has 1 saturated heterocycles. The first-order chi connectivity index (χ1) is 22.5. The van der Waals surface area contributed by atoms with Crippen LogP contribution in [0.4, 0.5) is 4.79 Å². The highest BCUT2D eigenvalue weighted by atomic mass is 16.5. The predicted molar refractivity (Wildman–Crippen MR) is 186 cm³/mol. The van der Waals surface area contributed by atoms with Crippen LogP contribution >= 0.6 is 0 Å². The molecule has 9 nitrogen and oxygen atoms in total. The van der Waals surface area contributed by atoms with Crippen molar-refractivity contribution in [3.05, 3.63) is 73.3 Å². The number of fused-ring (bicyclic) bond motifs is 1. The monoisotopic (exact) mass is 648 g/mol. The summed E-state index contributed by atoms with van der Waals surface area (Å²) in [7, 11) is 4.50. The number of allylic oxidation sites excluding steroid dienone is 2. The Morgan fingerprint density at radius 2 is 1.81 bits per heavy atom. The number of nitrogens with one attached hydrogen (secondary N) is 1. The number of nitrogens with zero attached hydrogens (tertiary/aromatic N) is 1. The van der Waals surface area contributed by atoms with Crippen LogP contribution in [-0.4, -0.2) is 69.4 Å². The summed E-state index contributed by atoms with van der Waals surface area (Å²) in [5.74, 6) is -0.216. The number of benzene rings is 2. The molecule has 0 aliphatic carbocycles. The lowest BCUT2D eigenvalue weighted by atomic mass is 9.86. The lowest BCUT2D eigenvalue weighted by Crippen LogP contribution is -2.52. The minimum absolute atomic E-state index is 0.0722. The van der Waals surface area contributed by atoms with Crippen molar-refractivity contribution in [2.45, 2.75) is 82.9 Å². The van der Waals surface area contributed by atoms with E-state index in [4.69, 9.17) is 18.9 Å². The van der Waals surface area contributed by atoms with Gasteiger partial charge in [0.25, 0.3) is 0 Å². The maximum absolute atomic E-state index is 14.3. The smallest absolute Gasteiger partial charge is 0.407 e. The van der Waals surface area contributed by atoms with Crippen molar-refractivity contribution in [2.24, 2.45) is 5.41 Å². The first kappa shape index (κ1) is 37.3. The van der Waals surface area contributed by atoms with Crippen molar-refractivity contribution in [3.8, 4) is 5.75 Å². The molecule has 1 N–H and O–H groups in total. The van der Waals surface area contributed by atoms with Gasteiger partial charge in [0.15, 0.2) is 0 Å². The van der Waals surface area contributed by atoms with Crippen LogP contribution in [0.25, 0.3) is 16.8 Å². The molecule has 9 heteroatoms. The number of amides is 2. The van der Waals surface area contributed by atoms with Gasteiger partial charge in [0, 0.05) is 19.1 Å². The number of ether oxygens (including phenoxy) is 4. The van der Waals surface area contributed by atoms with Gasteiger partial charge in [-0.05, 0) is 72.1 Å². The van der Waals surface area contributed by atoms with E-state index < -0.39 is 29.7 Å². The molecule has 1 unspecified atom stereocenters. The van der Waals surface area contributed by atoms with Crippen LogP contribution in [0.5, 0.6) is 5.75 Å². The number of unbranched alkanes of at least 4 members (excludes halogenated alkanes) is 3. The first-order valence-corrected chi connectivity index (χ1v) is 16.3. The molecule has 0 radical (unpaired) electrons. The second-order valence-corrected chi connectivity index (χ2v) is 12.9. The van der Waals surface area contributed by atoms with Crippen LogP contribution in [0.1, 0.15) is 76.3 Å². The highest BCUT2D eigenvalue weighted by Gasteiger charge is 2.52. The van der Waals surface area contributed by atoms with E-state index in [1.807, 2.05) is 42.5 Å². The van der Waals surface area contributed by atoms with E-state index in [1.165, 1.54) is 12.0 Å². The van der Waals surface area contributed by atoms with Crippen molar-refractivity contribution in [1.29, 1.82) is 0 Å². The third kappa shape index (κ3) is 9.47. The van der Waals surface area contributed by atoms with E-state index in [-0.39, 0.29) is 30.9 Å². The Balaban J connectivity index is 1.90. The second kappa shape index (κ2) is 17.2. The van der Waals surface area contributed by atoms with Crippen molar-refractivity contribution in [2.75, 3.05) is 34.5 Å². The molecule has 2 aromatic carbocycles. The Morgan fingerprint density at radius 1 is 1.04 bits per heavy atom. The zero-order chi connectivity index (χ0) is 34.6. The van der Waals surface area contributed by atoms with Gasteiger partial charge in [0.2, 0.25) is 5.91 Å². The number of hydrogen-bond donors (Lipinski definition) is 1. The van der Waals surface area contributed by atoms with Crippen molar-refractivity contribution >= 4 is 34.8 Å². The van der Waals surface area contributed by atoms with Gasteiger partial charge < -0.3 is 29.2 Å². The van der Waals surface area contributed by atoms with Crippen LogP contribution in [0.3, 0.4) is 0 Å². The van der Waals surface area contributed by atoms with Gasteiger partial charge >= 0.3 is 12.1 Å². The minimum atomic E-state index is -0.997. The van der Waals surface area contributed by atoms with Gasteiger partial charge in [-0.15, -0.1) is 13.2 Å². The molecular formula is C38H52N2O7. The summed E-state index contributed by atoms with van der Waals surface area (Å²) in [6, 6.07) is 8.05. The lowest BCUT2D eigenvalue weighted by Gasteiger charge is -2.30. The van der Waals surface area contributed by atoms with Crippen molar-refractivity contribution in [3.63, 3.8) is 0 Å². The number of rotatable bonds is 18. The molecule has 1 aliphatic heterocycles. The third-order valence-electron chi connectivity index (χ3n) is 9.11. The van der Waals surface area contributed by atoms with E-state index in [0.717, 1.165) is 47.6 Å². The standard InChI is InChI=1S/C38H52N2O7/c1-9-12-13-14-15-16-31(39-36(43)47-21-20-37(4,5)19-10-2)34(41)40-26-38(46-8,25-32(40)35(42)45-7)30-18-17-28-24-33(44-6)27(11-3)22-29(28)23-30/h9-11,17-18,22-24,31-32H,1-3,12-16,19-21,25-26H2,4-8H3,(H,39,43)/t31?,32-,38-/m0/s1. The quantitative estimate of drug-likeness (QED) is 0.103. The summed E-state index contributed by atoms with van der Waals surface area (Å²) < 4.78 is 22.3. The Hall–Kier alpha value is -4.11. The van der Waals surface area contributed by atoms with Gasteiger partial charge in [-0.2, -0.15) is 0 Å². The van der Waals surface area contributed by atoms with Gasteiger partial charge in [-0.1, -0.05) is 63.6 Å². The number of carbonyl (C=O) groups excluding carboxylic acids is 3. The van der Waals surface area contributed by atoms with Crippen LogP contribution in [0.15, 0.2) is 62.2 Å². The average molecular weight is 649 g/mol. The number of likely N-dealkylation sites (tertiary alicyclic amines) is 1. The number of carbonyl (C=O) groups is 3. The molecule has 3 atom stereocenters. The highest BCUT2D eigenvalue weighted by Crippen LogP contribution is 2.41. The Kier molecular flexibility index (Phi) is 13.6. The summed E-state index contributed by atoms with van der Waals surface area (Å²) in [6.45, 7) is 15.9. The van der Waals surface area contributed by atoms with E-state index in [9.17, 15) is 14.4 Å². The molecule has 1 heterocycles. The summed E-state index contributed by atoms with van der Waals surface area (Å²) in [6.07, 6.45) is 10.1. The molecule has 1 fully saturated rings. The van der Waals surface area contributed by atoms with Crippen molar-refractivity contribution in [1.82, 2.24) is 10.2 Å². The number of methoxy groups -OCH3 is 3. The molecule has 1 aliphatic rings. The van der Waals surface area contributed by atoms with Crippen LogP contribution in [-0.2, 0) is 29.4 Å². The Bertz CT molecular complexity index is 1430. The SMILES string of the molecule is C=CCCCCCC(NC(=O)OCCC(C)(C)CC=C)C(=O)N1C[C@](OC)(c2ccc3cc(OC)c(C=C)cc3c2)C[C@H]1C(=O)OC. The zero-order valence-corrected chi connectivity index (χ0v) is 28.8. The summed E-state index contributed by atoms with van der Waals surface area (Å²) in [4.78, 5) is 41.9. The second-order valence-electron chi connectivity index (χ2n) is 12.9. The summed E-state index contributed by atoms with van der Waals surface area (Å²) in [5, 5.41) is 4.71. The molecule has 0 bridgehead atoms. The zero-order valence-electron chi connectivity index (χ0n) is 28.8. The van der Waals surface area contributed by atoms with Gasteiger partial charge in [-0.25, -0.2) is 9.59 Å². The molecule has 0 saturated carbocycles. The minimum Gasteiger partial charge on any atom is -0.496 e. The molecule has 0 spiro atoms. The summed E-state index contributed by atoms with van der Waals surface area (Å²) >= 11 is 0. The average Bonchev–Trinajstić information content (AvgIpc) is 3.47. The van der Waals surface area contributed by atoms with E-state index in [2.05, 4.69) is 38.9 Å². The maximum atomic E-state index is 14.3.